The van der Waals surface area contributed by atoms with Crippen molar-refractivity contribution in [2.45, 2.75) is 0 Å². The Morgan fingerprint density at radius 2 is 1.00 bits per heavy atom. The second kappa shape index (κ2) is 44.9. The normalized spacial score (nSPS) is 0. The molecule has 0 atom stereocenters. The Morgan fingerprint density at radius 1 is 1.00 bits per heavy atom. The zero-order valence-electron chi connectivity index (χ0n) is 3.52. The van der Waals surface area contributed by atoms with E-state index in [0.29, 0.717) is 0 Å². The van der Waals surface area contributed by atoms with Crippen molar-refractivity contribution in [3.05, 3.63) is 14.9 Å². The summed E-state index contributed by atoms with van der Waals surface area (Å²) < 4.78 is 0. The molecule has 0 saturated heterocycles. The van der Waals surface area contributed by atoms with Crippen molar-refractivity contribution in [1.29, 1.82) is 0 Å². The van der Waals surface area contributed by atoms with Crippen molar-refractivity contribution in [1.82, 2.24) is 0 Å². The van der Waals surface area contributed by atoms with Gasteiger partial charge in [0.15, 0.2) is 0 Å². The summed E-state index contributed by atoms with van der Waals surface area (Å²) in [6.07, 6.45) is 0. The van der Waals surface area contributed by atoms with Crippen LogP contribution in [-0.2, 0) is 54.4 Å². The first-order valence-electron chi connectivity index (χ1n) is 0. The molecule has 0 fully saturated rings. The average Bonchev–Trinajstić information content (AvgIpc) is 0. The van der Waals surface area contributed by atoms with Gasteiger partial charge in [-0.2, -0.15) is 0 Å². The van der Waals surface area contributed by atoms with E-state index in [4.69, 9.17) is 0 Å². The first kappa shape index (κ1) is 78.1. The molecule has 0 spiro atoms. The van der Waals surface area contributed by atoms with Crippen molar-refractivity contribution < 1.29 is 59.9 Å². The van der Waals surface area contributed by atoms with Crippen molar-refractivity contribution in [2.75, 3.05) is 0 Å². The van der Waals surface area contributed by atoms with Crippen LogP contribution < -0.4 is 0 Å². The first-order chi connectivity index (χ1) is 0. The molecule has 0 aliphatic heterocycles. The van der Waals surface area contributed by atoms with Crippen LogP contribution in [0, 0.1) is 14.9 Å². The van der Waals surface area contributed by atoms with Crippen molar-refractivity contribution in [3.8, 4) is 0 Å². The summed E-state index contributed by atoms with van der Waals surface area (Å²) in [6.45, 7) is 0. The molecular weight excluding hydrogens is 177 g/mol. The van der Waals surface area contributed by atoms with Crippen LogP contribution in [0.4, 0.5) is 0 Å². The second-order valence-electron chi connectivity index (χ2n) is 0. The SMILES string of the molecule is [CH3+].[CH3-].[OH].[Ti].[Y]. The van der Waals surface area contributed by atoms with Gasteiger partial charge in [0.25, 0.3) is 0 Å². The van der Waals surface area contributed by atoms with E-state index < -0.39 is 0 Å². The fraction of sp³-hybridized carbons (Fsp3) is 0. The quantitative estimate of drug-likeness (QED) is 0.424. The molecule has 0 amide bonds. The van der Waals surface area contributed by atoms with Crippen LogP contribution in [0.1, 0.15) is 0 Å². The first-order valence-corrected chi connectivity index (χ1v) is 0. The molecule has 0 aliphatic rings. The zero-order chi connectivity index (χ0) is 0. The van der Waals surface area contributed by atoms with Gasteiger partial charge in [-0.1, -0.05) is 0 Å². The maximum Gasteiger partial charge on any atom is 0.0467 e. The van der Waals surface area contributed by atoms with Crippen LogP contribution in [0.25, 0.3) is 0 Å². The Bertz CT molecular complexity index is 9.61. The van der Waals surface area contributed by atoms with E-state index in [-0.39, 0.29) is 74.8 Å². The molecule has 28 valence electrons. The Morgan fingerprint density at radius 3 is 1.00 bits per heavy atom. The van der Waals surface area contributed by atoms with E-state index in [0.717, 1.165) is 0 Å². The molecule has 5 heavy (non-hydrogen) atoms. The van der Waals surface area contributed by atoms with Gasteiger partial charge in [-0.05, 0) is 0 Å². The third-order valence-electron chi connectivity index (χ3n) is 0. The summed E-state index contributed by atoms with van der Waals surface area (Å²) in [5, 5.41) is 0. The average molecular weight is 184 g/mol. The molecule has 0 bridgehead atoms. The predicted molar refractivity (Wildman–Crippen MR) is 14.8 cm³/mol. The summed E-state index contributed by atoms with van der Waals surface area (Å²) >= 11 is 0. The minimum absolute atomic E-state index is 0. The summed E-state index contributed by atoms with van der Waals surface area (Å²) in [5.74, 6) is 0. The van der Waals surface area contributed by atoms with Gasteiger partial charge in [0.1, 0.15) is 0 Å². The van der Waals surface area contributed by atoms with E-state index in [1.165, 1.54) is 0 Å². The number of rotatable bonds is 0. The van der Waals surface area contributed by atoms with Crippen LogP contribution in [0.15, 0.2) is 0 Å². The molecule has 0 aromatic carbocycles. The monoisotopic (exact) mass is 184 g/mol. The molecule has 0 aromatic heterocycles. The minimum atomic E-state index is 0. The van der Waals surface area contributed by atoms with E-state index in [9.17, 15) is 0 Å². The van der Waals surface area contributed by atoms with Crippen LogP contribution in [0.2, 0.25) is 0 Å². The smallest absolute Gasteiger partial charge is 0.0467 e. The van der Waals surface area contributed by atoms with Crippen LogP contribution in [0.3, 0.4) is 0 Å². The van der Waals surface area contributed by atoms with Crippen LogP contribution >= 0.6 is 0 Å². The second-order valence-corrected chi connectivity index (χ2v) is 0. The Balaban J connectivity index is 0. The van der Waals surface area contributed by atoms with Crippen LogP contribution in [0.5, 0.6) is 0 Å². The standard InChI is InChI=1S/2CH3.HO.Ti.Y/h2*1H3;1H;;/q-1;+1;;;. The van der Waals surface area contributed by atoms with Gasteiger partial charge < -0.3 is 7.43 Å². The predicted octanol–water partition coefficient (Wildman–Crippen LogP) is 0.719. The van der Waals surface area contributed by atoms with Gasteiger partial charge in [-0.3, -0.25) is 5.48 Å². The number of hydrogen-bond donors (Lipinski definition) is 1. The topological polar surface area (TPSA) is 30.0 Å². The van der Waals surface area contributed by atoms with Gasteiger partial charge in [0.2, 0.25) is 0 Å². The Labute approximate surface area is 74.0 Å². The Hall–Kier alpha value is 1.65. The fourth-order valence-electron chi connectivity index (χ4n) is 0. The van der Waals surface area contributed by atoms with E-state index in [1.807, 2.05) is 0 Å². The zero-order valence-corrected chi connectivity index (χ0v) is 7.92. The largest absolute Gasteiger partial charge is 0.358 e. The summed E-state index contributed by atoms with van der Waals surface area (Å²) in [6, 6.07) is 0. The minimum Gasteiger partial charge on any atom is -0.358 e. The fourth-order valence-corrected chi connectivity index (χ4v) is 0. The van der Waals surface area contributed by atoms with Crippen molar-refractivity contribution >= 4 is 0 Å². The van der Waals surface area contributed by atoms with E-state index in [2.05, 4.69) is 0 Å². The van der Waals surface area contributed by atoms with E-state index in [1.54, 1.807) is 0 Å². The molecule has 1 nitrogen and oxygen atoms in total. The number of hydrogen-bond acceptors (Lipinski definition) is 0. The molecule has 0 unspecified atom stereocenters. The summed E-state index contributed by atoms with van der Waals surface area (Å²) in [7, 11) is 0. The molecule has 3 heteroatoms. The molecule has 0 aliphatic carbocycles. The van der Waals surface area contributed by atoms with Crippen LogP contribution in [-0.4, -0.2) is 5.48 Å². The third-order valence-corrected chi connectivity index (χ3v) is 0. The van der Waals surface area contributed by atoms with Crippen molar-refractivity contribution in [2.24, 2.45) is 0 Å². The summed E-state index contributed by atoms with van der Waals surface area (Å²) in [4.78, 5) is 0. The van der Waals surface area contributed by atoms with Gasteiger partial charge in [0.05, 0.1) is 0 Å². The molecular formula is C2H7OTiY. The molecule has 0 heterocycles. The van der Waals surface area contributed by atoms with E-state index >= 15 is 0 Å². The Kier molecular flexibility index (Phi) is 701. The molecule has 0 rings (SSSR count). The maximum absolute atomic E-state index is 0. The molecule has 0 aromatic rings. The van der Waals surface area contributed by atoms with Gasteiger partial charge in [0, 0.05) is 61.9 Å². The van der Waals surface area contributed by atoms with Gasteiger partial charge in [-0.15, -0.1) is 0 Å². The third kappa shape index (κ3) is 27.7. The summed E-state index contributed by atoms with van der Waals surface area (Å²) in [5.41, 5.74) is 0. The molecule has 1 N–H and O–H groups in total. The maximum atomic E-state index is 0. The molecule has 2 radical (unpaired) electrons. The van der Waals surface area contributed by atoms with Gasteiger partial charge >= 0.3 is 0 Å². The van der Waals surface area contributed by atoms with Gasteiger partial charge in [-0.25, -0.2) is 0 Å². The van der Waals surface area contributed by atoms with Crippen molar-refractivity contribution in [3.63, 3.8) is 0 Å². The molecule has 0 saturated carbocycles.